The molecule has 3 heteroatoms. The third kappa shape index (κ3) is 3.80. The number of nitrogens with zero attached hydrogens (tertiary/aromatic N) is 1. The second-order valence-electron chi connectivity index (χ2n) is 11.1. The molecule has 1 heterocycles. The zero-order valence-corrected chi connectivity index (χ0v) is 22.0. The number of allylic oxidation sites excluding steroid dienone is 10. The van der Waals surface area contributed by atoms with E-state index in [-0.39, 0.29) is 6.04 Å². The van der Waals surface area contributed by atoms with E-state index in [1.807, 2.05) is 6.07 Å². The first-order chi connectivity index (χ1) is 17.1. The molecule has 1 aromatic carbocycles. The molecular weight excluding hydrogens is 440 g/mol. The van der Waals surface area contributed by atoms with Crippen LogP contribution in [0.25, 0.3) is 0 Å². The Hall–Kier alpha value is -2.64. The van der Waals surface area contributed by atoms with E-state index in [1.54, 1.807) is 0 Å². The van der Waals surface area contributed by atoms with Crippen molar-refractivity contribution in [3.05, 3.63) is 108 Å². The first-order valence-corrected chi connectivity index (χ1v) is 16.3. The van der Waals surface area contributed by atoms with Crippen LogP contribution in [0.1, 0.15) is 18.9 Å². The highest BCUT2D eigenvalue weighted by Gasteiger charge is 2.59. The number of fused-ring (bicyclic) bond motifs is 4. The molecule has 0 amide bonds. The summed E-state index contributed by atoms with van der Waals surface area (Å²) in [5, 5.41) is 4.03. The molecule has 0 radical (unpaired) electrons. The average molecular weight is 477 g/mol. The van der Waals surface area contributed by atoms with E-state index in [0.717, 1.165) is 12.0 Å². The SMILES string of the molecule is CC[C@@H]1NC2C(C#Cc3ccccc3)=CC=C[C@H]2N1[Si](C)(C)C1C2C=CC=CC2C2C=CC=CC21. The van der Waals surface area contributed by atoms with Gasteiger partial charge in [0.05, 0.1) is 12.2 Å². The lowest BCUT2D eigenvalue weighted by Crippen LogP contribution is -2.60. The van der Waals surface area contributed by atoms with Crippen molar-refractivity contribution in [1.29, 1.82) is 0 Å². The maximum atomic E-state index is 4.03. The van der Waals surface area contributed by atoms with E-state index in [4.69, 9.17) is 0 Å². The summed E-state index contributed by atoms with van der Waals surface area (Å²) in [6.45, 7) is 7.62. The van der Waals surface area contributed by atoms with Crippen molar-refractivity contribution in [2.24, 2.45) is 23.7 Å². The van der Waals surface area contributed by atoms with Gasteiger partial charge in [-0.3, -0.25) is 5.32 Å². The van der Waals surface area contributed by atoms with Gasteiger partial charge in [-0.1, -0.05) is 111 Å². The van der Waals surface area contributed by atoms with Crippen molar-refractivity contribution >= 4 is 8.24 Å². The zero-order valence-electron chi connectivity index (χ0n) is 21.0. The quantitative estimate of drug-likeness (QED) is 0.412. The van der Waals surface area contributed by atoms with Gasteiger partial charge in [-0.05, 0) is 53.8 Å². The Bertz CT molecular complexity index is 1170. The lowest BCUT2D eigenvalue weighted by Gasteiger charge is -2.48. The van der Waals surface area contributed by atoms with Crippen molar-refractivity contribution < 1.29 is 0 Å². The fourth-order valence-corrected chi connectivity index (χ4v) is 12.6. The van der Waals surface area contributed by atoms with Crippen LogP contribution in [0.15, 0.2) is 103 Å². The molecule has 1 N–H and O–H groups in total. The Labute approximate surface area is 212 Å². The van der Waals surface area contributed by atoms with Crippen LogP contribution in [0.5, 0.6) is 0 Å². The van der Waals surface area contributed by atoms with Crippen molar-refractivity contribution in [3.63, 3.8) is 0 Å². The Kier molecular flexibility index (Phi) is 5.93. The second kappa shape index (κ2) is 9.10. The Morgan fingerprint density at radius 3 is 2.06 bits per heavy atom. The molecular formula is C32H36N2Si. The molecule has 0 aromatic heterocycles. The summed E-state index contributed by atoms with van der Waals surface area (Å²) in [7, 11) is -1.89. The van der Waals surface area contributed by atoms with E-state index >= 15 is 0 Å². The summed E-state index contributed by atoms with van der Waals surface area (Å²) in [5.74, 6) is 9.45. The van der Waals surface area contributed by atoms with Crippen LogP contribution in [0.3, 0.4) is 0 Å². The molecule has 5 unspecified atom stereocenters. The van der Waals surface area contributed by atoms with Crippen LogP contribution < -0.4 is 5.32 Å². The molecule has 6 rings (SSSR count). The summed E-state index contributed by atoms with van der Waals surface area (Å²) in [6, 6.07) is 11.0. The molecule has 1 aliphatic heterocycles. The monoisotopic (exact) mass is 476 g/mol. The molecule has 2 fully saturated rings. The van der Waals surface area contributed by atoms with E-state index in [2.05, 4.69) is 133 Å². The molecule has 1 saturated heterocycles. The highest BCUT2D eigenvalue weighted by molar-refractivity contribution is 6.76. The summed E-state index contributed by atoms with van der Waals surface area (Å²) in [5.41, 5.74) is 2.98. The fraction of sp³-hybridized carbons (Fsp3) is 0.375. The Morgan fingerprint density at radius 1 is 0.800 bits per heavy atom. The van der Waals surface area contributed by atoms with Gasteiger partial charge in [-0.15, -0.1) is 0 Å². The fourth-order valence-electron chi connectivity index (χ4n) is 7.64. The normalized spacial score (nSPS) is 36.8. The average Bonchev–Trinajstić information content (AvgIpc) is 3.45. The summed E-state index contributed by atoms with van der Waals surface area (Å²) in [4.78, 5) is 0. The minimum atomic E-state index is -1.89. The first kappa shape index (κ1) is 22.8. The van der Waals surface area contributed by atoms with Crippen LogP contribution >= 0.6 is 0 Å². The topological polar surface area (TPSA) is 15.3 Å². The van der Waals surface area contributed by atoms with Gasteiger partial charge in [0, 0.05) is 17.2 Å². The molecule has 1 saturated carbocycles. The highest BCUT2D eigenvalue weighted by Crippen LogP contribution is 2.59. The van der Waals surface area contributed by atoms with Crippen molar-refractivity contribution in [1.82, 2.24) is 9.88 Å². The van der Waals surface area contributed by atoms with E-state index in [9.17, 15) is 0 Å². The summed E-state index contributed by atoms with van der Waals surface area (Å²) < 4.78 is 2.94. The van der Waals surface area contributed by atoms with E-state index in [1.165, 1.54) is 5.57 Å². The van der Waals surface area contributed by atoms with Crippen LogP contribution in [0.4, 0.5) is 0 Å². The Morgan fingerprint density at radius 2 is 1.43 bits per heavy atom. The maximum absolute atomic E-state index is 4.03. The third-order valence-electron chi connectivity index (χ3n) is 9.00. The smallest absolute Gasteiger partial charge is 0.129 e. The minimum Gasteiger partial charge on any atom is -0.301 e. The highest BCUT2D eigenvalue weighted by atomic mass is 28.3. The number of nitrogens with one attached hydrogen (secondary N) is 1. The van der Waals surface area contributed by atoms with Crippen molar-refractivity contribution in [2.75, 3.05) is 0 Å². The van der Waals surface area contributed by atoms with Crippen LogP contribution in [-0.4, -0.2) is 31.1 Å². The van der Waals surface area contributed by atoms with Gasteiger partial charge >= 0.3 is 0 Å². The largest absolute Gasteiger partial charge is 0.301 e. The maximum Gasteiger partial charge on any atom is 0.129 e. The second-order valence-corrected chi connectivity index (χ2v) is 15.6. The molecule has 35 heavy (non-hydrogen) atoms. The van der Waals surface area contributed by atoms with Gasteiger partial charge in [0.15, 0.2) is 0 Å². The molecule has 5 aliphatic rings. The number of rotatable bonds is 3. The predicted molar refractivity (Wildman–Crippen MR) is 149 cm³/mol. The lowest BCUT2D eigenvalue weighted by atomic mass is 9.83. The first-order valence-electron chi connectivity index (χ1n) is 13.3. The van der Waals surface area contributed by atoms with Gasteiger partial charge in [0.1, 0.15) is 8.24 Å². The molecule has 0 spiro atoms. The Balaban J connectivity index is 1.34. The number of hydrogen-bond acceptors (Lipinski definition) is 2. The van der Waals surface area contributed by atoms with Gasteiger partial charge in [-0.25, -0.2) is 0 Å². The van der Waals surface area contributed by atoms with Crippen LogP contribution in [0, 0.1) is 35.5 Å². The molecule has 2 nitrogen and oxygen atoms in total. The molecule has 0 bridgehead atoms. The molecule has 7 atom stereocenters. The third-order valence-corrected chi connectivity index (χ3v) is 13.3. The van der Waals surface area contributed by atoms with Gasteiger partial charge in [0.2, 0.25) is 0 Å². The van der Waals surface area contributed by atoms with E-state index < -0.39 is 8.24 Å². The predicted octanol–water partition coefficient (Wildman–Crippen LogP) is 6.22. The van der Waals surface area contributed by atoms with Crippen LogP contribution in [0.2, 0.25) is 18.6 Å². The zero-order chi connectivity index (χ0) is 24.0. The van der Waals surface area contributed by atoms with Gasteiger partial charge < -0.3 is 4.57 Å². The van der Waals surface area contributed by atoms with Crippen molar-refractivity contribution in [2.45, 2.75) is 50.2 Å². The van der Waals surface area contributed by atoms with Crippen LogP contribution in [-0.2, 0) is 0 Å². The molecule has 178 valence electrons. The standard InChI is InChI=1S/C32H36N2Si/c1-4-30-33-31-24(22-21-23-13-6-5-7-14-23)15-12-20-29(31)34(30)35(2,3)32-27-18-10-8-16-25(27)26-17-9-11-19-28(26)32/h5-20,25-33H,4H2,1-3H3/t25?,26?,27?,28?,29-,30-,31?,32?/m1/s1. The number of hydrogen-bond donors (Lipinski definition) is 1. The van der Waals surface area contributed by atoms with E-state index in [0.29, 0.717) is 41.4 Å². The molecule has 1 aromatic rings. The van der Waals surface area contributed by atoms with Gasteiger partial charge in [-0.2, -0.15) is 0 Å². The lowest BCUT2D eigenvalue weighted by molar-refractivity contribution is 0.312. The summed E-state index contributed by atoms with van der Waals surface area (Å²) in [6.07, 6.45) is 27.6. The van der Waals surface area contributed by atoms with Crippen molar-refractivity contribution in [3.8, 4) is 11.8 Å². The number of benzene rings is 1. The van der Waals surface area contributed by atoms with Gasteiger partial charge in [0.25, 0.3) is 0 Å². The summed E-state index contributed by atoms with van der Waals surface area (Å²) >= 11 is 0. The minimum absolute atomic E-state index is 0.268. The molecule has 4 aliphatic carbocycles.